The Bertz CT molecular complexity index is 373. The van der Waals surface area contributed by atoms with Crippen molar-refractivity contribution in [1.82, 2.24) is 0 Å². The molecule has 0 bridgehead atoms. The van der Waals surface area contributed by atoms with Crippen LogP contribution in [0.25, 0.3) is 0 Å². The van der Waals surface area contributed by atoms with Gasteiger partial charge in [0.15, 0.2) is 0 Å². The largest absolute Gasteiger partial charge is 0.497 e. The van der Waals surface area contributed by atoms with Crippen molar-refractivity contribution in [3.05, 3.63) is 29.8 Å². The van der Waals surface area contributed by atoms with Crippen molar-refractivity contribution in [1.29, 1.82) is 0 Å². The van der Waals surface area contributed by atoms with Crippen LogP contribution in [0.15, 0.2) is 24.3 Å². The molecular formula is C14H20O3. The van der Waals surface area contributed by atoms with Gasteiger partial charge < -0.3 is 9.47 Å². The lowest BCUT2D eigenvalue weighted by Gasteiger charge is -2.21. The smallest absolute Gasteiger partial charge is 0.308 e. The molecule has 1 aromatic carbocycles. The van der Waals surface area contributed by atoms with Gasteiger partial charge in [0.2, 0.25) is 0 Å². The molecule has 0 radical (unpaired) electrons. The molecule has 2 atom stereocenters. The number of esters is 1. The van der Waals surface area contributed by atoms with E-state index in [0.717, 1.165) is 17.7 Å². The lowest BCUT2D eigenvalue weighted by atomic mass is 9.85. The first-order valence-electron chi connectivity index (χ1n) is 5.85. The molecule has 0 saturated carbocycles. The summed E-state index contributed by atoms with van der Waals surface area (Å²) in [7, 11) is 3.07. The number of ether oxygens (including phenoxy) is 2. The van der Waals surface area contributed by atoms with Gasteiger partial charge in [0.1, 0.15) is 5.75 Å². The number of methoxy groups -OCH3 is 2. The number of carbonyl (C=O) groups excluding carboxylic acids is 1. The Labute approximate surface area is 103 Å². The van der Waals surface area contributed by atoms with Gasteiger partial charge in [-0.05, 0) is 30.0 Å². The Morgan fingerprint density at radius 1 is 1.35 bits per heavy atom. The molecule has 0 aliphatic carbocycles. The van der Waals surface area contributed by atoms with Crippen LogP contribution in [0, 0.1) is 5.92 Å². The first-order valence-corrected chi connectivity index (χ1v) is 5.85. The molecule has 0 aromatic heterocycles. The van der Waals surface area contributed by atoms with Crippen LogP contribution < -0.4 is 4.74 Å². The summed E-state index contributed by atoms with van der Waals surface area (Å²) in [6.07, 6.45) is 0.892. The van der Waals surface area contributed by atoms with Crippen molar-refractivity contribution in [2.45, 2.75) is 26.2 Å². The molecule has 0 unspecified atom stereocenters. The van der Waals surface area contributed by atoms with E-state index in [0.29, 0.717) is 0 Å². The summed E-state index contributed by atoms with van der Waals surface area (Å²) in [6.45, 7) is 3.98. The zero-order chi connectivity index (χ0) is 12.8. The van der Waals surface area contributed by atoms with Gasteiger partial charge >= 0.3 is 5.97 Å². The highest BCUT2D eigenvalue weighted by molar-refractivity contribution is 5.73. The van der Waals surface area contributed by atoms with E-state index < -0.39 is 0 Å². The molecule has 0 amide bonds. The van der Waals surface area contributed by atoms with Gasteiger partial charge in [-0.15, -0.1) is 0 Å². The maximum Gasteiger partial charge on any atom is 0.308 e. The van der Waals surface area contributed by atoms with E-state index in [9.17, 15) is 4.79 Å². The SMILES string of the molecule is CC[C@@H](c1cccc(OC)c1)[C@@H](C)C(=O)OC. The zero-order valence-electron chi connectivity index (χ0n) is 10.9. The molecule has 3 nitrogen and oxygen atoms in total. The van der Waals surface area contributed by atoms with Crippen LogP contribution >= 0.6 is 0 Å². The van der Waals surface area contributed by atoms with E-state index in [-0.39, 0.29) is 17.8 Å². The Kier molecular flexibility index (Phi) is 5.01. The van der Waals surface area contributed by atoms with Crippen LogP contribution in [0.5, 0.6) is 5.75 Å². The third kappa shape index (κ3) is 3.22. The molecule has 0 aliphatic heterocycles. The second kappa shape index (κ2) is 6.28. The quantitative estimate of drug-likeness (QED) is 0.737. The van der Waals surface area contributed by atoms with Gasteiger partial charge in [-0.2, -0.15) is 0 Å². The fourth-order valence-corrected chi connectivity index (χ4v) is 2.10. The Morgan fingerprint density at radius 2 is 2.06 bits per heavy atom. The van der Waals surface area contributed by atoms with Crippen molar-refractivity contribution in [2.75, 3.05) is 14.2 Å². The lowest BCUT2D eigenvalue weighted by Crippen LogP contribution is -2.20. The Hall–Kier alpha value is -1.51. The topological polar surface area (TPSA) is 35.5 Å². The fraction of sp³-hybridized carbons (Fsp3) is 0.500. The van der Waals surface area contributed by atoms with Crippen molar-refractivity contribution in [2.24, 2.45) is 5.92 Å². The Balaban J connectivity index is 2.96. The summed E-state index contributed by atoms with van der Waals surface area (Å²) in [5, 5.41) is 0. The summed E-state index contributed by atoms with van der Waals surface area (Å²) in [5.41, 5.74) is 1.12. The minimum atomic E-state index is -0.167. The summed E-state index contributed by atoms with van der Waals surface area (Å²) >= 11 is 0. The number of rotatable bonds is 5. The van der Waals surface area contributed by atoms with Crippen LogP contribution in [0.3, 0.4) is 0 Å². The van der Waals surface area contributed by atoms with E-state index in [1.165, 1.54) is 7.11 Å². The van der Waals surface area contributed by atoms with Gasteiger partial charge in [0, 0.05) is 0 Å². The highest BCUT2D eigenvalue weighted by Crippen LogP contribution is 2.30. The highest BCUT2D eigenvalue weighted by Gasteiger charge is 2.24. The Morgan fingerprint density at radius 3 is 2.59 bits per heavy atom. The van der Waals surface area contributed by atoms with Crippen molar-refractivity contribution < 1.29 is 14.3 Å². The van der Waals surface area contributed by atoms with Crippen LogP contribution in [0.1, 0.15) is 31.7 Å². The molecule has 1 rings (SSSR count). The highest BCUT2D eigenvalue weighted by atomic mass is 16.5. The van der Waals surface area contributed by atoms with Gasteiger partial charge in [0.25, 0.3) is 0 Å². The van der Waals surface area contributed by atoms with E-state index in [1.54, 1.807) is 7.11 Å². The zero-order valence-corrected chi connectivity index (χ0v) is 10.9. The van der Waals surface area contributed by atoms with Crippen molar-refractivity contribution in [3.63, 3.8) is 0 Å². The molecule has 0 heterocycles. The van der Waals surface area contributed by atoms with Gasteiger partial charge in [-0.25, -0.2) is 0 Å². The van der Waals surface area contributed by atoms with Crippen LogP contribution in [0.2, 0.25) is 0 Å². The van der Waals surface area contributed by atoms with Gasteiger partial charge in [-0.1, -0.05) is 26.0 Å². The average Bonchev–Trinajstić information content (AvgIpc) is 2.38. The third-order valence-electron chi connectivity index (χ3n) is 3.14. The van der Waals surface area contributed by atoms with E-state index in [2.05, 4.69) is 6.92 Å². The minimum Gasteiger partial charge on any atom is -0.497 e. The van der Waals surface area contributed by atoms with Gasteiger partial charge in [-0.3, -0.25) is 4.79 Å². The molecule has 0 N–H and O–H groups in total. The lowest BCUT2D eigenvalue weighted by molar-refractivity contribution is -0.145. The van der Waals surface area contributed by atoms with Crippen molar-refractivity contribution >= 4 is 5.97 Å². The van der Waals surface area contributed by atoms with Crippen molar-refractivity contribution in [3.8, 4) is 5.75 Å². The van der Waals surface area contributed by atoms with Crippen LogP contribution in [-0.4, -0.2) is 20.2 Å². The normalized spacial score (nSPS) is 13.9. The average molecular weight is 236 g/mol. The second-order valence-corrected chi connectivity index (χ2v) is 4.10. The van der Waals surface area contributed by atoms with Gasteiger partial charge in [0.05, 0.1) is 20.1 Å². The summed E-state index contributed by atoms with van der Waals surface area (Å²) < 4.78 is 10.0. The predicted octanol–water partition coefficient (Wildman–Crippen LogP) is 3.00. The summed E-state index contributed by atoms with van der Waals surface area (Å²) in [4.78, 5) is 11.6. The second-order valence-electron chi connectivity index (χ2n) is 4.10. The minimum absolute atomic E-state index is 0.142. The third-order valence-corrected chi connectivity index (χ3v) is 3.14. The first kappa shape index (κ1) is 13.6. The monoisotopic (exact) mass is 236 g/mol. The first-order chi connectivity index (χ1) is 8.13. The number of carbonyl (C=O) groups is 1. The predicted molar refractivity (Wildman–Crippen MR) is 67.2 cm³/mol. The number of hydrogen-bond acceptors (Lipinski definition) is 3. The summed E-state index contributed by atoms with van der Waals surface area (Å²) in [6, 6.07) is 7.85. The van der Waals surface area contributed by atoms with E-state index in [4.69, 9.17) is 9.47 Å². The maximum atomic E-state index is 11.6. The molecule has 3 heteroatoms. The molecule has 0 fully saturated rings. The number of benzene rings is 1. The molecular weight excluding hydrogens is 216 g/mol. The summed E-state index contributed by atoms with van der Waals surface area (Å²) in [5.74, 6) is 0.673. The molecule has 0 aliphatic rings. The van der Waals surface area contributed by atoms with Crippen LogP contribution in [-0.2, 0) is 9.53 Å². The fourth-order valence-electron chi connectivity index (χ4n) is 2.10. The molecule has 17 heavy (non-hydrogen) atoms. The number of hydrogen-bond donors (Lipinski definition) is 0. The van der Waals surface area contributed by atoms with E-state index >= 15 is 0 Å². The van der Waals surface area contributed by atoms with Crippen LogP contribution in [0.4, 0.5) is 0 Å². The molecule has 0 saturated heterocycles. The standard InChI is InChI=1S/C14H20O3/c1-5-13(10(2)14(15)17-4)11-7-6-8-12(9-11)16-3/h6-10,13H,5H2,1-4H3/t10-,13-/m1/s1. The maximum absolute atomic E-state index is 11.6. The molecule has 1 aromatic rings. The molecule has 0 spiro atoms. The molecule has 94 valence electrons. The van der Waals surface area contributed by atoms with E-state index in [1.807, 2.05) is 31.2 Å².